The first-order valence-electron chi connectivity index (χ1n) is 2.69. The van der Waals surface area contributed by atoms with E-state index in [9.17, 15) is 9.59 Å². The van der Waals surface area contributed by atoms with Gasteiger partial charge in [0.05, 0.1) is 0 Å². The summed E-state index contributed by atoms with van der Waals surface area (Å²) >= 11 is 0. The van der Waals surface area contributed by atoms with Crippen molar-refractivity contribution in [2.75, 3.05) is 0 Å². The van der Waals surface area contributed by atoms with E-state index in [-0.39, 0.29) is 12.0 Å². The average Bonchev–Trinajstić information content (AvgIpc) is 1.87. The molecule has 0 aliphatic heterocycles. The number of aliphatic carboxylic acids is 1. The summed E-state index contributed by atoms with van der Waals surface area (Å²) in [6, 6.07) is -1.02. The van der Waals surface area contributed by atoms with Crippen molar-refractivity contribution in [3.05, 3.63) is 12.2 Å². The van der Waals surface area contributed by atoms with E-state index < -0.39 is 12.0 Å². The first kappa shape index (κ1) is 8.84. The molecular formula is C6H9NO3. The van der Waals surface area contributed by atoms with Gasteiger partial charge in [0.2, 0.25) is 0 Å². The van der Waals surface area contributed by atoms with Crippen LogP contribution in [0.2, 0.25) is 0 Å². The van der Waals surface area contributed by atoms with Crippen LogP contribution >= 0.6 is 0 Å². The first-order chi connectivity index (χ1) is 4.57. The molecule has 56 valence electrons. The molecule has 0 saturated heterocycles. The zero-order chi connectivity index (χ0) is 8.15. The van der Waals surface area contributed by atoms with Gasteiger partial charge in [-0.3, -0.25) is 9.59 Å². The molecule has 4 heteroatoms. The maximum atomic E-state index is 10.1. The summed E-state index contributed by atoms with van der Waals surface area (Å²) in [5.74, 6) is -1.12. The number of carbonyl (C=O) groups excluding carboxylic acids is 1. The number of nitrogens with two attached hydrogens (primary N) is 1. The Hall–Kier alpha value is -1.16. The molecule has 0 fully saturated rings. The van der Waals surface area contributed by atoms with Gasteiger partial charge in [-0.25, -0.2) is 0 Å². The summed E-state index contributed by atoms with van der Waals surface area (Å²) in [6.45, 7) is 3.28. The second-order valence-corrected chi connectivity index (χ2v) is 1.92. The zero-order valence-electron chi connectivity index (χ0n) is 5.41. The number of hydrogen-bond donors (Lipinski definition) is 2. The lowest BCUT2D eigenvalue weighted by Crippen LogP contribution is -2.30. The molecule has 0 heterocycles. The van der Waals surface area contributed by atoms with Gasteiger partial charge < -0.3 is 10.8 Å². The molecule has 0 aliphatic carbocycles. The Kier molecular flexibility index (Phi) is 3.35. The smallest absolute Gasteiger partial charge is 0.320 e. The number of carboxylic acids is 1. The van der Waals surface area contributed by atoms with E-state index in [1.54, 1.807) is 0 Å². The number of hydrogen-bond acceptors (Lipinski definition) is 3. The minimum absolute atomic E-state index is 0.0127. The molecule has 0 amide bonds. The molecule has 0 aromatic heterocycles. The Balaban J connectivity index is 3.79. The van der Waals surface area contributed by atoms with Crippen LogP contribution in [0, 0.1) is 0 Å². The Bertz CT molecular complexity index is 164. The van der Waals surface area contributed by atoms with E-state index in [2.05, 4.69) is 6.58 Å². The fourth-order valence-electron chi connectivity index (χ4n) is 0.418. The topological polar surface area (TPSA) is 80.4 Å². The van der Waals surface area contributed by atoms with E-state index in [1.165, 1.54) is 0 Å². The predicted molar refractivity (Wildman–Crippen MR) is 35.4 cm³/mol. The van der Waals surface area contributed by atoms with Crippen molar-refractivity contribution in [3.63, 3.8) is 0 Å². The Morgan fingerprint density at radius 2 is 2.30 bits per heavy atom. The molecule has 10 heavy (non-hydrogen) atoms. The van der Waals surface area contributed by atoms with Crippen molar-refractivity contribution in [1.29, 1.82) is 0 Å². The molecule has 0 aliphatic rings. The summed E-state index contributed by atoms with van der Waals surface area (Å²) in [7, 11) is 0. The van der Waals surface area contributed by atoms with Crippen LogP contribution in [0.5, 0.6) is 0 Å². The fraction of sp³-hybridized carbons (Fsp3) is 0.333. The average molecular weight is 143 g/mol. The monoisotopic (exact) mass is 143 g/mol. The van der Waals surface area contributed by atoms with E-state index >= 15 is 0 Å². The number of carbonyl (C=O) groups is 2. The Labute approximate surface area is 58.3 Å². The highest BCUT2D eigenvalue weighted by atomic mass is 16.4. The first-order valence-corrected chi connectivity index (χ1v) is 2.69. The van der Waals surface area contributed by atoms with E-state index in [1.807, 2.05) is 0 Å². The molecule has 1 unspecified atom stereocenters. The Morgan fingerprint density at radius 1 is 1.80 bits per heavy atom. The molecule has 1 atom stereocenters. The highest BCUT2D eigenvalue weighted by Gasteiger charge is 2.11. The van der Waals surface area contributed by atoms with Gasteiger partial charge in [-0.1, -0.05) is 6.58 Å². The van der Waals surface area contributed by atoms with Crippen molar-refractivity contribution < 1.29 is 14.7 Å². The van der Waals surface area contributed by atoms with Gasteiger partial charge in [-0.15, -0.1) is 0 Å². The second-order valence-electron chi connectivity index (χ2n) is 1.92. The number of carboxylic acid groups (broad SMARTS) is 1. The van der Waals surface area contributed by atoms with Crippen LogP contribution in [-0.2, 0) is 9.59 Å². The largest absolute Gasteiger partial charge is 0.480 e. The molecule has 0 aromatic rings. The van der Waals surface area contributed by atoms with Crippen LogP contribution in [0.1, 0.15) is 6.42 Å². The molecule has 0 spiro atoms. The van der Waals surface area contributed by atoms with Crippen molar-refractivity contribution in [3.8, 4) is 0 Å². The third-order valence-electron chi connectivity index (χ3n) is 0.966. The third-order valence-corrected chi connectivity index (χ3v) is 0.966. The van der Waals surface area contributed by atoms with E-state index in [0.717, 1.165) is 0 Å². The lowest BCUT2D eigenvalue weighted by Gasteiger charge is -2.02. The molecule has 0 radical (unpaired) electrons. The highest BCUT2D eigenvalue weighted by Crippen LogP contribution is 1.96. The van der Waals surface area contributed by atoms with Gasteiger partial charge in [0, 0.05) is 6.42 Å². The summed E-state index contributed by atoms with van der Waals surface area (Å²) in [5.41, 5.74) is 5.28. The van der Waals surface area contributed by atoms with Crippen LogP contribution < -0.4 is 5.73 Å². The molecule has 0 rings (SSSR count). The van der Waals surface area contributed by atoms with Crippen LogP contribution in [0.3, 0.4) is 0 Å². The van der Waals surface area contributed by atoms with Gasteiger partial charge in [0.15, 0.2) is 0 Å². The van der Waals surface area contributed by atoms with Crippen LogP contribution in [0.4, 0.5) is 0 Å². The lowest BCUT2D eigenvalue weighted by molar-refractivity contribution is -0.138. The maximum absolute atomic E-state index is 10.1. The Morgan fingerprint density at radius 3 is 2.60 bits per heavy atom. The molecule has 0 saturated carbocycles. The molecule has 0 aromatic carbocycles. The molecular weight excluding hydrogens is 134 g/mol. The highest BCUT2D eigenvalue weighted by molar-refractivity contribution is 5.78. The zero-order valence-corrected chi connectivity index (χ0v) is 5.41. The quantitative estimate of drug-likeness (QED) is 0.412. The summed E-state index contributed by atoms with van der Waals surface area (Å²) in [5, 5.41) is 8.24. The van der Waals surface area contributed by atoms with Crippen molar-refractivity contribution in [1.82, 2.24) is 0 Å². The lowest BCUT2D eigenvalue weighted by atomic mass is 10.1. The van der Waals surface area contributed by atoms with Crippen LogP contribution in [-0.4, -0.2) is 23.4 Å². The number of aldehydes is 1. The summed E-state index contributed by atoms with van der Waals surface area (Å²) in [4.78, 5) is 20.0. The van der Waals surface area contributed by atoms with Crippen molar-refractivity contribution >= 4 is 12.3 Å². The number of rotatable bonds is 4. The molecule has 4 nitrogen and oxygen atoms in total. The van der Waals surface area contributed by atoms with Gasteiger partial charge >= 0.3 is 5.97 Å². The third kappa shape index (κ3) is 2.99. The predicted octanol–water partition coefficient (Wildman–Crippen LogP) is -0.457. The van der Waals surface area contributed by atoms with Crippen molar-refractivity contribution in [2.45, 2.75) is 12.5 Å². The standard InChI is InChI=1S/C6H9NO3/c1-4(3-8)2-5(7)6(9)10/h3,5H,1-2,7H2,(H,9,10). The van der Waals surface area contributed by atoms with Gasteiger partial charge in [0.25, 0.3) is 0 Å². The van der Waals surface area contributed by atoms with Crippen molar-refractivity contribution in [2.24, 2.45) is 5.73 Å². The van der Waals surface area contributed by atoms with E-state index in [0.29, 0.717) is 6.29 Å². The minimum Gasteiger partial charge on any atom is -0.480 e. The van der Waals surface area contributed by atoms with Gasteiger partial charge in [-0.2, -0.15) is 0 Å². The second kappa shape index (κ2) is 3.79. The molecule has 0 bridgehead atoms. The fourth-order valence-corrected chi connectivity index (χ4v) is 0.418. The summed E-state index contributed by atoms with van der Waals surface area (Å²) in [6.07, 6.45) is 0.516. The van der Waals surface area contributed by atoms with Crippen LogP contribution in [0.15, 0.2) is 12.2 Å². The maximum Gasteiger partial charge on any atom is 0.320 e. The molecule has 3 N–H and O–H groups in total. The van der Waals surface area contributed by atoms with Gasteiger partial charge in [-0.05, 0) is 5.57 Å². The summed E-state index contributed by atoms with van der Waals surface area (Å²) < 4.78 is 0. The SMILES string of the molecule is C=C(C=O)CC(N)C(=O)O. The van der Waals surface area contributed by atoms with E-state index in [4.69, 9.17) is 10.8 Å². The minimum atomic E-state index is -1.12. The normalized spacial score (nSPS) is 12.1. The van der Waals surface area contributed by atoms with Crippen LogP contribution in [0.25, 0.3) is 0 Å². The van der Waals surface area contributed by atoms with Gasteiger partial charge in [0.1, 0.15) is 12.3 Å².